The average Bonchev–Trinajstić information content (AvgIpc) is 3.40. The molecule has 7 nitrogen and oxygen atoms in total. The molecule has 2 aromatic carbocycles. The first-order chi connectivity index (χ1) is 15.5. The highest BCUT2D eigenvalue weighted by Gasteiger charge is 2.34. The fourth-order valence-corrected chi connectivity index (χ4v) is 5.44. The molecule has 0 radical (unpaired) electrons. The van der Waals surface area contributed by atoms with E-state index in [4.69, 9.17) is 16.3 Å². The van der Waals surface area contributed by atoms with Gasteiger partial charge in [-0.1, -0.05) is 17.7 Å². The SMILES string of the molecule is COc1nc(N2CC3CCC(C2)N3)c2cc(Cl)c(-c3c(C)ccc4[nH]ncc34)c(F)c2n1. The minimum Gasteiger partial charge on any atom is -0.467 e. The third kappa shape index (κ3) is 2.93. The molecule has 4 aromatic rings. The molecule has 2 unspecified atom stereocenters. The molecule has 32 heavy (non-hydrogen) atoms. The second-order valence-electron chi connectivity index (χ2n) is 8.61. The molecule has 0 aliphatic carbocycles. The summed E-state index contributed by atoms with van der Waals surface area (Å²) in [7, 11) is 1.50. The Morgan fingerprint density at radius 3 is 2.66 bits per heavy atom. The molecule has 2 aromatic heterocycles. The van der Waals surface area contributed by atoms with Crippen molar-refractivity contribution in [2.24, 2.45) is 0 Å². The summed E-state index contributed by atoms with van der Waals surface area (Å²) < 4.78 is 21.5. The van der Waals surface area contributed by atoms with Crippen molar-refractivity contribution in [3.05, 3.63) is 40.8 Å². The average molecular weight is 453 g/mol. The first-order valence-corrected chi connectivity index (χ1v) is 11.1. The lowest BCUT2D eigenvalue weighted by atomic mass is 9.95. The number of halogens is 2. The zero-order chi connectivity index (χ0) is 22.0. The maximum atomic E-state index is 16.2. The van der Waals surface area contributed by atoms with Crippen LogP contribution in [0.15, 0.2) is 24.4 Å². The maximum absolute atomic E-state index is 16.2. The number of piperazine rings is 1. The molecule has 164 valence electrons. The second-order valence-corrected chi connectivity index (χ2v) is 9.02. The summed E-state index contributed by atoms with van der Waals surface area (Å²) in [6.07, 6.45) is 3.96. The van der Waals surface area contributed by atoms with Gasteiger partial charge in [0.25, 0.3) is 0 Å². The number of methoxy groups -OCH3 is 1. The van der Waals surface area contributed by atoms with Crippen molar-refractivity contribution in [3.63, 3.8) is 0 Å². The molecule has 6 rings (SSSR count). The van der Waals surface area contributed by atoms with Gasteiger partial charge in [0, 0.05) is 47.1 Å². The molecule has 2 fully saturated rings. The number of nitrogens with one attached hydrogen (secondary N) is 2. The van der Waals surface area contributed by atoms with E-state index < -0.39 is 5.82 Å². The van der Waals surface area contributed by atoms with Crippen molar-refractivity contribution in [2.75, 3.05) is 25.1 Å². The standard InChI is InChI=1S/C23H22ClFN6O/c1-11-3-6-17-15(8-26-30-17)18(11)19-16(24)7-14-21(20(19)25)28-23(32-2)29-22(14)31-9-12-4-5-13(10-31)27-12/h3,6-8,12-13,27H,4-5,9-10H2,1-2H3,(H,26,30). The van der Waals surface area contributed by atoms with Crippen molar-refractivity contribution in [2.45, 2.75) is 31.8 Å². The number of aromatic nitrogens is 4. The molecule has 4 heterocycles. The van der Waals surface area contributed by atoms with Crippen LogP contribution in [0.5, 0.6) is 6.01 Å². The minimum absolute atomic E-state index is 0.142. The second kappa shape index (κ2) is 7.28. The van der Waals surface area contributed by atoms with Gasteiger partial charge in [0.2, 0.25) is 0 Å². The van der Waals surface area contributed by atoms with Gasteiger partial charge in [-0.3, -0.25) is 5.10 Å². The summed E-state index contributed by atoms with van der Waals surface area (Å²) in [4.78, 5) is 11.2. The van der Waals surface area contributed by atoms with Crippen molar-refractivity contribution in [1.82, 2.24) is 25.5 Å². The van der Waals surface area contributed by atoms with Crippen molar-refractivity contribution >= 4 is 39.2 Å². The van der Waals surface area contributed by atoms with Crippen molar-refractivity contribution < 1.29 is 9.13 Å². The van der Waals surface area contributed by atoms with Gasteiger partial charge in [0.05, 0.1) is 23.8 Å². The number of H-pyrrole nitrogens is 1. The van der Waals surface area contributed by atoms with E-state index in [9.17, 15) is 0 Å². The maximum Gasteiger partial charge on any atom is 0.318 e. The Morgan fingerprint density at radius 1 is 1.12 bits per heavy atom. The van der Waals surface area contributed by atoms with Crippen LogP contribution in [-0.4, -0.2) is 52.4 Å². The number of hydrogen-bond donors (Lipinski definition) is 2. The molecule has 0 spiro atoms. The zero-order valence-electron chi connectivity index (χ0n) is 17.7. The Bertz CT molecular complexity index is 1360. The predicted molar refractivity (Wildman–Crippen MR) is 123 cm³/mol. The van der Waals surface area contributed by atoms with E-state index in [-0.39, 0.29) is 11.5 Å². The van der Waals surface area contributed by atoms with Crippen LogP contribution in [0.1, 0.15) is 18.4 Å². The molecule has 2 N–H and O–H groups in total. The number of aryl methyl sites for hydroxylation is 1. The van der Waals surface area contributed by atoms with Crippen LogP contribution in [0, 0.1) is 12.7 Å². The van der Waals surface area contributed by atoms with Gasteiger partial charge in [-0.15, -0.1) is 0 Å². The third-order valence-corrected chi connectivity index (χ3v) is 6.92. The van der Waals surface area contributed by atoms with Crippen LogP contribution in [0.25, 0.3) is 32.9 Å². The van der Waals surface area contributed by atoms with Gasteiger partial charge in [-0.2, -0.15) is 15.1 Å². The van der Waals surface area contributed by atoms with Crippen LogP contribution in [0.2, 0.25) is 5.02 Å². The number of hydrogen-bond acceptors (Lipinski definition) is 6. The number of aromatic amines is 1. The summed E-state index contributed by atoms with van der Waals surface area (Å²) in [5, 5.41) is 12.4. The quantitative estimate of drug-likeness (QED) is 0.484. The molecule has 0 saturated carbocycles. The number of benzene rings is 2. The van der Waals surface area contributed by atoms with E-state index in [1.54, 1.807) is 12.3 Å². The summed E-state index contributed by atoms with van der Waals surface area (Å²) in [5.41, 5.74) is 2.95. The highest BCUT2D eigenvalue weighted by molar-refractivity contribution is 6.35. The minimum atomic E-state index is -0.482. The number of ether oxygens (including phenoxy) is 1. The molecule has 9 heteroatoms. The lowest BCUT2D eigenvalue weighted by molar-refractivity contribution is 0.380. The monoisotopic (exact) mass is 452 g/mol. The topological polar surface area (TPSA) is 79.0 Å². The fraction of sp³-hybridized carbons (Fsp3) is 0.348. The Labute approximate surface area is 188 Å². The lowest BCUT2D eigenvalue weighted by Crippen LogP contribution is -2.51. The number of nitrogens with zero attached hydrogens (tertiary/aromatic N) is 4. The summed E-state index contributed by atoms with van der Waals surface area (Å²) in [6, 6.07) is 6.60. The van der Waals surface area contributed by atoms with Gasteiger partial charge in [-0.05, 0) is 37.5 Å². The van der Waals surface area contributed by atoms with Gasteiger partial charge in [-0.25, -0.2) is 4.39 Å². The van der Waals surface area contributed by atoms with E-state index in [1.165, 1.54) is 7.11 Å². The molecule has 2 bridgehead atoms. The fourth-order valence-electron chi connectivity index (χ4n) is 5.15. The summed E-state index contributed by atoms with van der Waals surface area (Å²) in [6.45, 7) is 3.55. The van der Waals surface area contributed by atoms with E-state index in [2.05, 4.69) is 30.4 Å². The molecule has 2 aliphatic rings. The Morgan fingerprint density at radius 2 is 1.91 bits per heavy atom. The van der Waals surface area contributed by atoms with Crippen LogP contribution in [0.3, 0.4) is 0 Å². The third-order valence-electron chi connectivity index (χ3n) is 6.62. The smallest absolute Gasteiger partial charge is 0.318 e. The number of rotatable bonds is 3. The van der Waals surface area contributed by atoms with E-state index in [0.29, 0.717) is 39.4 Å². The molecule has 2 aliphatic heterocycles. The first kappa shape index (κ1) is 19.7. The van der Waals surface area contributed by atoms with Gasteiger partial charge in [0.15, 0.2) is 5.82 Å². The van der Waals surface area contributed by atoms with Gasteiger partial charge in [0.1, 0.15) is 11.3 Å². The van der Waals surface area contributed by atoms with E-state index >= 15 is 4.39 Å². The molecule has 0 amide bonds. The lowest BCUT2D eigenvalue weighted by Gasteiger charge is -2.34. The highest BCUT2D eigenvalue weighted by Crippen LogP contribution is 2.42. The number of fused-ring (bicyclic) bond motifs is 4. The van der Waals surface area contributed by atoms with Gasteiger partial charge >= 0.3 is 6.01 Å². The highest BCUT2D eigenvalue weighted by atomic mass is 35.5. The zero-order valence-corrected chi connectivity index (χ0v) is 18.5. The molecule has 2 atom stereocenters. The molecular formula is C23H22ClFN6O. The largest absolute Gasteiger partial charge is 0.467 e. The van der Waals surface area contributed by atoms with Crippen LogP contribution >= 0.6 is 11.6 Å². The Hall–Kier alpha value is -2.97. The van der Waals surface area contributed by atoms with Crippen molar-refractivity contribution in [3.8, 4) is 17.1 Å². The van der Waals surface area contributed by atoms with Crippen LogP contribution < -0.4 is 15.0 Å². The molecular weight excluding hydrogens is 431 g/mol. The summed E-state index contributed by atoms with van der Waals surface area (Å²) in [5.74, 6) is 0.181. The van der Waals surface area contributed by atoms with E-state index in [1.807, 2.05) is 19.1 Å². The Balaban J connectivity index is 1.60. The predicted octanol–water partition coefficient (Wildman–Crippen LogP) is 4.22. The number of anilines is 1. The van der Waals surface area contributed by atoms with Gasteiger partial charge < -0.3 is 15.0 Å². The van der Waals surface area contributed by atoms with Crippen molar-refractivity contribution in [1.29, 1.82) is 0 Å². The molecule has 2 saturated heterocycles. The van der Waals surface area contributed by atoms with Crippen LogP contribution in [0.4, 0.5) is 10.2 Å². The first-order valence-electron chi connectivity index (χ1n) is 10.7. The van der Waals surface area contributed by atoms with Crippen LogP contribution in [-0.2, 0) is 0 Å². The Kier molecular flexibility index (Phi) is 4.48. The summed E-state index contributed by atoms with van der Waals surface area (Å²) >= 11 is 6.75. The van der Waals surface area contributed by atoms with E-state index in [0.717, 1.165) is 42.4 Å². The normalized spacial score (nSPS) is 20.4.